The highest BCUT2D eigenvalue weighted by Crippen LogP contribution is 2.35. The molecule has 0 spiro atoms. The predicted molar refractivity (Wildman–Crippen MR) is 66.5 cm³/mol. The first-order chi connectivity index (χ1) is 7.60. The van der Waals surface area contributed by atoms with Gasteiger partial charge < -0.3 is 15.2 Å². The molecule has 0 aromatic heterocycles. The molecule has 0 amide bonds. The molecule has 2 atom stereocenters. The van der Waals surface area contributed by atoms with Crippen LogP contribution in [-0.4, -0.2) is 37.5 Å². The van der Waals surface area contributed by atoms with Gasteiger partial charge in [0.05, 0.1) is 6.61 Å². The highest BCUT2D eigenvalue weighted by atomic mass is 16.5. The standard InChI is InChI=1S/C13H27NO2/c1-13(2)8-5-4-6-12(13)14-11(7-9-15)10-16-3/h11-12,14-15H,4-10H2,1-3H3. The third kappa shape index (κ3) is 4.04. The minimum absolute atomic E-state index is 0.230. The van der Waals surface area contributed by atoms with E-state index in [1.807, 2.05) is 0 Å². The molecule has 0 bridgehead atoms. The lowest BCUT2D eigenvalue weighted by Crippen LogP contribution is -2.50. The molecular formula is C13H27NO2. The topological polar surface area (TPSA) is 41.5 Å². The maximum absolute atomic E-state index is 9.03. The fourth-order valence-corrected chi connectivity index (χ4v) is 2.66. The molecule has 2 unspecified atom stereocenters. The second-order valence-corrected chi connectivity index (χ2v) is 5.62. The number of ether oxygens (including phenoxy) is 1. The minimum atomic E-state index is 0.230. The van der Waals surface area contributed by atoms with Crippen LogP contribution in [0.3, 0.4) is 0 Å². The average molecular weight is 229 g/mol. The van der Waals surface area contributed by atoms with E-state index in [0.717, 1.165) is 6.42 Å². The SMILES string of the molecule is COCC(CCO)NC1CCCCC1(C)C. The largest absolute Gasteiger partial charge is 0.396 e. The van der Waals surface area contributed by atoms with E-state index in [9.17, 15) is 0 Å². The molecule has 0 aliphatic heterocycles. The van der Waals surface area contributed by atoms with Crippen LogP contribution < -0.4 is 5.32 Å². The summed E-state index contributed by atoms with van der Waals surface area (Å²) in [5.41, 5.74) is 0.375. The van der Waals surface area contributed by atoms with Gasteiger partial charge in [-0.2, -0.15) is 0 Å². The zero-order valence-corrected chi connectivity index (χ0v) is 11.0. The van der Waals surface area contributed by atoms with Crippen molar-refractivity contribution < 1.29 is 9.84 Å². The Morgan fingerprint density at radius 2 is 2.19 bits per heavy atom. The van der Waals surface area contributed by atoms with E-state index >= 15 is 0 Å². The normalized spacial score (nSPS) is 26.6. The van der Waals surface area contributed by atoms with Crippen LogP contribution in [0.4, 0.5) is 0 Å². The zero-order valence-electron chi connectivity index (χ0n) is 11.0. The highest BCUT2D eigenvalue weighted by Gasteiger charge is 2.33. The van der Waals surface area contributed by atoms with Gasteiger partial charge in [0, 0.05) is 25.8 Å². The molecule has 1 rings (SSSR count). The van der Waals surface area contributed by atoms with Crippen LogP contribution >= 0.6 is 0 Å². The van der Waals surface area contributed by atoms with E-state index in [-0.39, 0.29) is 12.6 Å². The highest BCUT2D eigenvalue weighted by molar-refractivity contribution is 4.89. The van der Waals surface area contributed by atoms with Gasteiger partial charge in [-0.3, -0.25) is 0 Å². The Morgan fingerprint density at radius 3 is 2.75 bits per heavy atom. The Hall–Kier alpha value is -0.120. The zero-order chi connectivity index (χ0) is 12.0. The van der Waals surface area contributed by atoms with Crippen molar-refractivity contribution >= 4 is 0 Å². The summed E-state index contributed by atoms with van der Waals surface area (Å²) in [6.07, 6.45) is 5.99. The molecule has 1 fully saturated rings. The lowest BCUT2D eigenvalue weighted by Gasteiger charge is -2.41. The fraction of sp³-hybridized carbons (Fsp3) is 1.00. The van der Waals surface area contributed by atoms with Crippen molar-refractivity contribution in [1.82, 2.24) is 5.32 Å². The summed E-state index contributed by atoms with van der Waals surface area (Å²) in [5, 5.41) is 12.7. The maximum atomic E-state index is 9.03. The number of nitrogens with one attached hydrogen (secondary N) is 1. The van der Waals surface area contributed by atoms with Crippen LogP contribution in [0.5, 0.6) is 0 Å². The van der Waals surface area contributed by atoms with Gasteiger partial charge in [-0.1, -0.05) is 26.7 Å². The second-order valence-electron chi connectivity index (χ2n) is 5.62. The van der Waals surface area contributed by atoms with Crippen molar-refractivity contribution in [1.29, 1.82) is 0 Å². The lowest BCUT2D eigenvalue weighted by atomic mass is 9.73. The molecule has 1 saturated carbocycles. The van der Waals surface area contributed by atoms with Gasteiger partial charge in [-0.05, 0) is 24.7 Å². The van der Waals surface area contributed by atoms with E-state index < -0.39 is 0 Å². The number of hydrogen-bond donors (Lipinski definition) is 2. The van der Waals surface area contributed by atoms with Crippen LogP contribution in [0.15, 0.2) is 0 Å². The first-order valence-corrected chi connectivity index (χ1v) is 6.46. The van der Waals surface area contributed by atoms with Gasteiger partial charge in [0.25, 0.3) is 0 Å². The Kier molecular flexibility index (Phi) is 5.73. The van der Waals surface area contributed by atoms with Crippen LogP contribution in [0, 0.1) is 5.41 Å². The minimum Gasteiger partial charge on any atom is -0.396 e. The summed E-state index contributed by atoms with van der Waals surface area (Å²) in [4.78, 5) is 0. The van der Waals surface area contributed by atoms with Crippen molar-refractivity contribution in [3.05, 3.63) is 0 Å². The van der Waals surface area contributed by atoms with E-state index in [2.05, 4.69) is 19.2 Å². The molecule has 1 aliphatic rings. The van der Waals surface area contributed by atoms with Crippen LogP contribution in [0.2, 0.25) is 0 Å². The number of methoxy groups -OCH3 is 1. The summed E-state index contributed by atoms with van der Waals surface area (Å²) >= 11 is 0. The van der Waals surface area contributed by atoms with Gasteiger partial charge in [0.2, 0.25) is 0 Å². The molecule has 2 N–H and O–H groups in total. The van der Waals surface area contributed by atoms with E-state index in [1.165, 1.54) is 25.7 Å². The van der Waals surface area contributed by atoms with Crippen molar-refractivity contribution in [2.75, 3.05) is 20.3 Å². The summed E-state index contributed by atoms with van der Waals surface area (Å²) in [6, 6.07) is 0.852. The second kappa shape index (κ2) is 6.58. The van der Waals surface area contributed by atoms with Gasteiger partial charge in [-0.15, -0.1) is 0 Å². The van der Waals surface area contributed by atoms with E-state index in [1.54, 1.807) is 7.11 Å². The Labute approximate surface area is 99.6 Å². The molecule has 1 aliphatic carbocycles. The molecule has 96 valence electrons. The number of aliphatic hydroxyl groups is 1. The molecule has 0 aromatic rings. The van der Waals surface area contributed by atoms with Crippen molar-refractivity contribution in [3.8, 4) is 0 Å². The van der Waals surface area contributed by atoms with Gasteiger partial charge in [0.1, 0.15) is 0 Å². The third-order valence-corrected chi connectivity index (χ3v) is 3.79. The van der Waals surface area contributed by atoms with E-state index in [0.29, 0.717) is 18.1 Å². The molecule has 0 heterocycles. The number of hydrogen-bond acceptors (Lipinski definition) is 3. The monoisotopic (exact) mass is 229 g/mol. The van der Waals surface area contributed by atoms with Gasteiger partial charge >= 0.3 is 0 Å². The summed E-state index contributed by atoms with van der Waals surface area (Å²) in [5.74, 6) is 0. The molecule has 3 heteroatoms. The van der Waals surface area contributed by atoms with Crippen LogP contribution in [0.1, 0.15) is 46.0 Å². The van der Waals surface area contributed by atoms with Crippen LogP contribution in [0.25, 0.3) is 0 Å². The van der Waals surface area contributed by atoms with Crippen LogP contribution in [-0.2, 0) is 4.74 Å². The lowest BCUT2D eigenvalue weighted by molar-refractivity contribution is 0.104. The van der Waals surface area contributed by atoms with Gasteiger partial charge in [-0.25, -0.2) is 0 Å². The van der Waals surface area contributed by atoms with Crippen molar-refractivity contribution in [2.24, 2.45) is 5.41 Å². The average Bonchev–Trinajstić information content (AvgIpc) is 2.22. The molecule has 3 nitrogen and oxygen atoms in total. The van der Waals surface area contributed by atoms with Crippen molar-refractivity contribution in [3.63, 3.8) is 0 Å². The Bertz CT molecular complexity index is 188. The Morgan fingerprint density at radius 1 is 1.44 bits per heavy atom. The summed E-state index contributed by atoms with van der Waals surface area (Å²) in [6.45, 7) is 5.60. The maximum Gasteiger partial charge on any atom is 0.0616 e. The smallest absolute Gasteiger partial charge is 0.0616 e. The number of aliphatic hydroxyl groups excluding tert-OH is 1. The third-order valence-electron chi connectivity index (χ3n) is 3.79. The summed E-state index contributed by atoms with van der Waals surface area (Å²) in [7, 11) is 1.72. The molecule has 16 heavy (non-hydrogen) atoms. The fourth-order valence-electron chi connectivity index (χ4n) is 2.66. The molecule has 0 radical (unpaired) electrons. The molecular weight excluding hydrogens is 202 g/mol. The first-order valence-electron chi connectivity index (χ1n) is 6.46. The number of rotatable bonds is 6. The van der Waals surface area contributed by atoms with Gasteiger partial charge in [0.15, 0.2) is 0 Å². The molecule has 0 saturated heterocycles. The Balaban J connectivity index is 2.47. The van der Waals surface area contributed by atoms with Crippen molar-refractivity contribution in [2.45, 2.75) is 58.0 Å². The predicted octanol–water partition coefficient (Wildman–Crippen LogP) is 1.94. The first kappa shape index (κ1) is 13.9. The summed E-state index contributed by atoms with van der Waals surface area (Å²) < 4.78 is 5.19. The quantitative estimate of drug-likeness (QED) is 0.731. The molecule has 0 aromatic carbocycles. The van der Waals surface area contributed by atoms with E-state index in [4.69, 9.17) is 9.84 Å².